The molecule has 2 N–H and O–H groups in total. The zero-order valence-electron chi connectivity index (χ0n) is 13.6. The van der Waals surface area contributed by atoms with E-state index in [2.05, 4.69) is 20.5 Å². The monoisotopic (exact) mass is 376 g/mol. The number of carbonyl (C=O) groups is 2. The van der Waals surface area contributed by atoms with Crippen molar-refractivity contribution < 1.29 is 27.5 Å². The summed E-state index contributed by atoms with van der Waals surface area (Å²) < 4.78 is 42.4. The average molecular weight is 376 g/mol. The van der Waals surface area contributed by atoms with Crippen LogP contribution in [0.15, 0.2) is 0 Å². The van der Waals surface area contributed by atoms with E-state index in [-0.39, 0.29) is 27.7 Å². The molecule has 0 bridgehead atoms. The molecule has 0 aromatic carbocycles. The predicted octanol–water partition coefficient (Wildman–Crippen LogP) is 3.18. The molecular weight excluding hydrogens is 361 g/mol. The first-order chi connectivity index (χ1) is 11.7. The first kappa shape index (κ1) is 18.9. The molecule has 25 heavy (non-hydrogen) atoms. The summed E-state index contributed by atoms with van der Waals surface area (Å²) in [5.74, 6) is -1.29. The number of carbonyl (C=O) groups excluding carboxylic acids is 2. The molecule has 0 spiro atoms. The van der Waals surface area contributed by atoms with Crippen molar-refractivity contribution in [1.82, 2.24) is 15.2 Å². The third-order valence-corrected chi connectivity index (χ3v) is 4.18. The molecule has 0 aliphatic carbocycles. The van der Waals surface area contributed by atoms with Crippen LogP contribution in [0.4, 0.5) is 18.3 Å². The highest BCUT2D eigenvalue weighted by Crippen LogP contribution is 2.33. The highest BCUT2D eigenvalue weighted by Gasteiger charge is 2.36. The minimum absolute atomic E-state index is 0.0866. The zero-order valence-corrected chi connectivity index (χ0v) is 14.4. The van der Waals surface area contributed by atoms with Crippen molar-refractivity contribution in [3.05, 3.63) is 27.5 Å². The third-order valence-electron chi connectivity index (χ3n) is 3.30. The Morgan fingerprint density at radius 2 is 2.00 bits per heavy atom. The number of nitrogens with one attached hydrogen (secondary N) is 2. The number of aromatic amines is 1. The maximum atomic E-state index is 12.5. The van der Waals surface area contributed by atoms with Gasteiger partial charge in [0.25, 0.3) is 5.91 Å². The normalized spacial score (nSPS) is 11.4. The lowest BCUT2D eigenvalue weighted by Crippen LogP contribution is -2.15. The Labute approximate surface area is 144 Å². The van der Waals surface area contributed by atoms with Gasteiger partial charge in [0.15, 0.2) is 0 Å². The van der Waals surface area contributed by atoms with Crippen LogP contribution >= 0.6 is 11.3 Å². The molecule has 0 saturated carbocycles. The summed E-state index contributed by atoms with van der Waals surface area (Å²) in [6.07, 6.45) is -3.56. The number of methoxy groups -OCH3 is 1. The number of aromatic nitrogens is 3. The Hall–Kier alpha value is -2.43. The molecule has 0 aliphatic rings. The number of rotatable bonds is 5. The maximum absolute atomic E-state index is 12.5. The average Bonchev–Trinajstić information content (AvgIpc) is 3.12. The Kier molecular flexibility index (Phi) is 5.45. The lowest BCUT2D eigenvalue weighted by Gasteiger charge is -2.05. The maximum Gasteiger partial charge on any atom is 0.445 e. The van der Waals surface area contributed by atoms with Crippen LogP contribution in [0.3, 0.4) is 0 Å². The minimum atomic E-state index is -4.63. The molecule has 0 radical (unpaired) electrons. The van der Waals surface area contributed by atoms with Gasteiger partial charge in [0, 0.05) is 5.69 Å². The van der Waals surface area contributed by atoms with Gasteiger partial charge in [0.1, 0.15) is 5.69 Å². The van der Waals surface area contributed by atoms with Crippen molar-refractivity contribution >= 4 is 28.3 Å². The van der Waals surface area contributed by atoms with Crippen LogP contribution in [0.1, 0.15) is 50.5 Å². The van der Waals surface area contributed by atoms with E-state index in [4.69, 9.17) is 4.74 Å². The summed E-state index contributed by atoms with van der Waals surface area (Å²) >= 11 is 0.219. The molecule has 0 unspecified atom stereocenters. The van der Waals surface area contributed by atoms with Gasteiger partial charge in [0.05, 0.1) is 12.7 Å². The number of aryl methyl sites for hydroxylation is 1. The standard InChI is InChI=1S/C14H15F3N4O3S/c1-4-5-7-8(11(23)24-3)6(2)18-9(7)10(22)19-13-21-20-12(25-13)14(15,16)17/h18H,4-5H2,1-3H3,(H,19,21,22). The molecule has 0 atom stereocenters. The molecule has 1 amide bonds. The van der Waals surface area contributed by atoms with Gasteiger partial charge < -0.3 is 9.72 Å². The van der Waals surface area contributed by atoms with Gasteiger partial charge in [-0.2, -0.15) is 13.2 Å². The fourth-order valence-electron chi connectivity index (χ4n) is 2.30. The summed E-state index contributed by atoms with van der Waals surface area (Å²) in [4.78, 5) is 27.1. The minimum Gasteiger partial charge on any atom is -0.465 e. The quantitative estimate of drug-likeness (QED) is 0.781. The molecular formula is C14H15F3N4O3S. The first-order valence-electron chi connectivity index (χ1n) is 7.20. The molecule has 2 aromatic heterocycles. The zero-order chi connectivity index (χ0) is 18.8. The number of amides is 1. The van der Waals surface area contributed by atoms with Gasteiger partial charge in [-0.05, 0) is 18.9 Å². The van der Waals surface area contributed by atoms with Crippen molar-refractivity contribution in [1.29, 1.82) is 0 Å². The van der Waals surface area contributed by atoms with E-state index < -0.39 is 23.1 Å². The summed E-state index contributed by atoms with van der Waals surface area (Å²) in [6, 6.07) is 0. The molecule has 0 aliphatic heterocycles. The molecule has 2 rings (SSSR count). The van der Waals surface area contributed by atoms with Crippen LogP contribution < -0.4 is 5.32 Å². The number of alkyl halides is 3. The second-order valence-electron chi connectivity index (χ2n) is 5.08. The molecule has 0 saturated heterocycles. The van der Waals surface area contributed by atoms with Gasteiger partial charge in [-0.25, -0.2) is 4.79 Å². The summed E-state index contributed by atoms with van der Waals surface area (Å²) in [6.45, 7) is 3.47. The smallest absolute Gasteiger partial charge is 0.445 e. The van der Waals surface area contributed by atoms with Crippen molar-refractivity contribution in [2.75, 3.05) is 12.4 Å². The van der Waals surface area contributed by atoms with Crippen LogP contribution in [-0.4, -0.2) is 34.2 Å². The van der Waals surface area contributed by atoms with Crippen molar-refractivity contribution in [2.24, 2.45) is 0 Å². The van der Waals surface area contributed by atoms with Crippen LogP contribution in [0.2, 0.25) is 0 Å². The van der Waals surface area contributed by atoms with E-state index in [0.717, 1.165) is 0 Å². The van der Waals surface area contributed by atoms with E-state index in [9.17, 15) is 22.8 Å². The van der Waals surface area contributed by atoms with Crippen LogP contribution in [0.5, 0.6) is 0 Å². The molecule has 11 heteroatoms. The summed E-state index contributed by atoms with van der Waals surface area (Å²) in [5, 5.41) is 7.14. The van der Waals surface area contributed by atoms with Crippen molar-refractivity contribution in [3.8, 4) is 0 Å². The number of H-pyrrole nitrogens is 1. The number of hydrogen-bond acceptors (Lipinski definition) is 6. The largest absolute Gasteiger partial charge is 0.465 e. The van der Waals surface area contributed by atoms with Crippen LogP contribution in [-0.2, 0) is 17.3 Å². The number of halogens is 3. The Bertz CT molecular complexity index is 798. The van der Waals surface area contributed by atoms with E-state index in [1.807, 2.05) is 6.92 Å². The Balaban J connectivity index is 2.33. The Morgan fingerprint density at radius 1 is 1.32 bits per heavy atom. The first-order valence-corrected chi connectivity index (χ1v) is 8.02. The van der Waals surface area contributed by atoms with Crippen molar-refractivity contribution in [3.63, 3.8) is 0 Å². The second kappa shape index (κ2) is 7.21. The topological polar surface area (TPSA) is 97.0 Å². The molecule has 7 nitrogen and oxygen atoms in total. The highest BCUT2D eigenvalue weighted by molar-refractivity contribution is 7.15. The molecule has 2 aromatic rings. The number of nitrogens with zero attached hydrogens (tertiary/aromatic N) is 2. The fourth-order valence-corrected chi connectivity index (χ4v) is 2.90. The van der Waals surface area contributed by atoms with Gasteiger partial charge in [0.2, 0.25) is 10.1 Å². The van der Waals surface area contributed by atoms with E-state index in [0.29, 0.717) is 24.1 Å². The number of anilines is 1. The van der Waals surface area contributed by atoms with E-state index in [1.54, 1.807) is 6.92 Å². The third kappa shape index (κ3) is 3.98. The molecule has 0 fully saturated rings. The second-order valence-corrected chi connectivity index (χ2v) is 6.06. The van der Waals surface area contributed by atoms with Gasteiger partial charge in [-0.15, -0.1) is 10.2 Å². The van der Waals surface area contributed by atoms with Gasteiger partial charge in [-0.1, -0.05) is 24.7 Å². The van der Waals surface area contributed by atoms with Crippen molar-refractivity contribution in [2.45, 2.75) is 32.9 Å². The predicted molar refractivity (Wildman–Crippen MR) is 83.7 cm³/mol. The fraction of sp³-hybridized carbons (Fsp3) is 0.429. The van der Waals surface area contributed by atoms with E-state index >= 15 is 0 Å². The lowest BCUT2D eigenvalue weighted by molar-refractivity contribution is -0.138. The highest BCUT2D eigenvalue weighted by atomic mass is 32.1. The molecule has 2 heterocycles. The van der Waals surface area contributed by atoms with Gasteiger partial charge in [-0.3, -0.25) is 10.1 Å². The lowest BCUT2D eigenvalue weighted by atomic mass is 10.0. The van der Waals surface area contributed by atoms with Crippen LogP contribution in [0, 0.1) is 6.92 Å². The van der Waals surface area contributed by atoms with Crippen LogP contribution in [0.25, 0.3) is 0 Å². The van der Waals surface area contributed by atoms with E-state index in [1.165, 1.54) is 7.11 Å². The number of hydrogen-bond donors (Lipinski definition) is 2. The SMILES string of the molecule is CCCc1c(C(=O)Nc2nnc(C(F)(F)F)s2)[nH]c(C)c1C(=O)OC. The number of ether oxygens (including phenoxy) is 1. The van der Waals surface area contributed by atoms with Gasteiger partial charge >= 0.3 is 12.1 Å². The number of esters is 1. The summed E-state index contributed by atoms with van der Waals surface area (Å²) in [5.41, 5.74) is 1.23. The Morgan fingerprint density at radius 3 is 2.52 bits per heavy atom. The summed E-state index contributed by atoms with van der Waals surface area (Å²) in [7, 11) is 1.23. The molecule has 136 valence electrons.